The highest BCUT2D eigenvalue weighted by molar-refractivity contribution is 7.89. The quantitative estimate of drug-likeness (QED) is 0.570. The molecule has 3 rings (SSSR count). The first kappa shape index (κ1) is 23.2. The van der Waals surface area contributed by atoms with Crippen molar-refractivity contribution in [1.82, 2.24) is 4.31 Å². The van der Waals surface area contributed by atoms with Crippen molar-refractivity contribution in [2.45, 2.75) is 37.0 Å². The summed E-state index contributed by atoms with van der Waals surface area (Å²) in [5.74, 6) is -0.0920. The van der Waals surface area contributed by atoms with Crippen LogP contribution in [0.1, 0.15) is 37.7 Å². The zero-order valence-electron chi connectivity index (χ0n) is 17.8. The Balaban J connectivity index is 1.73. The minimum atomic E-state index is -3.60. The third-order valence-corrected chi connectivity index (χ3v) is 7.67. The van der Waals surface area contributed by atoms with Crippen molar-refractivity contribution >= 4 is 16.0 Å². The van der Waals surface area contributed by atoms with E-state index in [0.29, 0.717) is 38.3 Å². The maximum atomic E-state index is 13.4. The van der Waals surface area contributed by atoms with Crippen LogP contribution in [-0.2, 0) is 19.6 Å². The molecular weight excluding hydrogens is 421 g/mol. The topological polar surface area (TPSA) is 72.9 Å². The zero-order valence-corrected chi connectivity index (χ0v) is 18.6. The summed E-state index contributed by atoms with van der Waals surface area (Å²) < 4.78 is 51.1. The second-order valence-corrected chi connectivity index (χ2v) is 9.52. The van der Waals surface area contributed by atoms with Crippen LogP contribution < -0.4 is 4.74 Å². The van der Waals surface area contributed by atoms with E-state index in [9.17, 15) is 17.6 Å². The molecule has 1 atom stereocenters. The molecule has 0 N–H and O–H groups in total. The summed E-state index contributed by atoms with van der Waals surface area (Å²) in [4.78, 5) is 12.4. The van der Waals surface area contributed by atoms with Crippen LogP contribution >= 0.6 is 0 Å². The minimum absolute atomic E-state index is 0.0946. The Labute approximate surface area is 183 Å². The van der Waals surface area contributed by atoms with Gasteiger partial charge >= 0.3 is 5.97 Å². The lowest BCUT2D eigenvalue weighted by molar-refractivity contribution is -0.144. The van der Waals surface area contributed by atoms with Crippen molar-refractivity contribution in [2.75, 3.05) is 26.8 Å². The Kier molecular flexibility index (Phi) is 7.67. The molecule has 1 fully saturated rings. The van der Waals surface area contributed by atoms with Gasteiger partial charge in [-0.1, -0.05) is 12.1 Å². The van der Waals surface area contributed by atoms with Crippen LogP contribution in [0.2, 0.25) is 0 Å². The lowest BCUT2D eigenvalue weighted by Crippen LogP contribution is -2.40. The van der Waals surface area contributed by atoms with Gasteiger partial charge in [0.1, 0.15) is 11.6 Å². The number of hydrogen-bond acceptors (Lipinski definition) is 5. The fourth-order valence-corrected chi connectivity index (χ4v) is 5.55. The van der Waals surface area contributed by atoms with Crippen LogP contribution in [0.25, 0.3) is 0 Å². The van der Waals surface area contributed by atoms with Crippen LogP contribution in [0.4, 0.5) is 4.39 Å². The van der Waals surface area contributed by atoms with Gasteiger partial charge in [0.05, 0.1) is 25.0 Å². The van der Waals surface area contributed by atoms with Crippen LogP contribution in [0, 0.1) is 11.7 Å². The van der Waals surface area contributed by atoms with Crippen LogP contribution in [0.15, 0.2) is 53.4 Å². The van der Waals surface area contributed by atoms with Crippen LogP contribution in [-0.4, -0.2) is 45.5 Å². The van der Waals surface area contributed by atoms with Gasteiger partial charge in [-0.3, -0.25) is 4.79 Å². The van der Waals surface area contributed by atoms with Gasteiger partial charge < -0.3 is 9.47 Å². The van der Waals surface area contributed by atoms with Crippen LogP contribution in [0.5, 0.6) is 5.75 Å². The maximum Gasteiger partial charge on any atom is 0.306 e. The summed E-state index contributed by atoms with van der Waals surface area (Å²) in [6.07, 6.45) is 1.41. The molecule has 8 heteroatoms. The molecule has 2 aromatic rings. The second-order valence-electron chi connectivity index (χ2n) is 7.58. The summed E-state index contributed by atoms with van der Waals surface area (Å²) in [6, 6.07) is 12.5. The van der Waals surface area contributed by atoms with Crippen molar-refractivity contribution in [3.8, 4) is 5.75 Å². The number of halogens is 1. The molecule has 31 heavy (non-hydrogen) atoms. The fraction of sp³-hybridized carbons (Fsp3) is 0.435. The third kappa shape index (κ3) is 5.62. The number of piperidine rings is 1. The number of ether oxygens (including phenoxy) is 2. The minimum Gasteiger partial charge on any atom is -0.497 e. The smallest absolute Gasteiger partial charge is 0.306 e. The number of carbonyl (C=O) groups is 1. The first-order chi connectivity index (χ1) is 14.8. The average Bonchev–Trinajstić information content (AvgIpc) is 2.78. The predicted molar refractivity (Wildman–Crippen MR) is 115 cm³/mol. The number of esters is 1. The summed E-state index contributed by atoms with van der Waals surface area (Å²) >= 11 is 0. The number of hydrogen-bond donors (Lipinski definition) is 0. The van der Waals surface area contributed by atoms with Gasteiger partial charge in [-0.2, -0.15) is 4.31 Å². The molecular formula is C23H28FNO5S. The predicted octanol–water partition coefficient (Wildman–Crippen LogP) is 3.97. The molecule has 0 saturated carbocycles. The van der Waals surface area contributed by atoms with E-state index in [-0.39, 0.29) is 34.9 Å². The van der Waals surface area contributed by atoms with Gasteiger partial charge in [-0.15, -0.1) is 0 Å². The Morgan fingerprint density at radius 1 is 1.10 bits per heavy atom. The highest BCUT2D eigenvalue weighted by Crippen LogP contribution is 2.37. The summed E-state index contributed by atoms with van der Waals surface area (Å²) in [5.41, 5.74) is 0.867. The summed E-state index contributed by atoms with van der Waals surface area (Å²) in [6.45, 7) is 2.78. The Bertz CT molecular complexity index is 968. The van der Waals surface area contributed by atoms with E-state index in [1.165, 1.54) is 23.5 Å². The van der Waals surface area contributed by atoms with E-state index < -0.39 is 10.0 Å². The van der Waals surface area contributed by atoms with Crippen molar-refractivity contribution in [1.29, 1.82) is 0 Å². The standard InChI is InChI=1S/C23H28FNO5S/c1-3-30-23(26)16-22(17-4-6-19(24)7-5-17)18-12-14-25(15-13-18)31(27,28)21-10-8-20(29-2)9-11-21/h4-11,18,22H,3,12-16H2,1-2H3. The van der Waals surface area contributed by atoms with E-state index in [0.717, 1.165) is 5.56 Å². The van der Waals surface area contributed by atoms with Gasteiger partial charge in [0.2, 0.25) is 10.0 Å². The van der Waals surface area contributed by atoms with Gasteiger partial charge in [0.25, 0.3) is 0 Å². The molecule has 0 amide bonds. The first-order valence-electron chi connectivity index (χ1n) is 10.4. The molecule has 0 aromatic heterocycles. The number of methoxy groups -OCH3 is 1. The summed E-state index contributed by atoms with van der Waals surface area (Å²) in [5, 5.41) is 0. The van der Waals surface area contributed by atoms with E-state index >= 15 is 0 Å². The van der Waals surface area contributed by atoms with Gasteiger partial charge in [0.15, 0.2) is 0 Å². The molecule has 1 saturated heterocycles. The molecule has 1 heterocycles. The molecule has 6 nitrogen and oxygen atoms in total. The van der Waals surface area contributed by atoms with Gasteiger partial charge in [-0.25, -0.2) is 12.8 Å². The van der Waals surface area contributed by atoms with Crippen LogP contribution in [0.3, 0.4) is 0 Å². The lowest BCUT2D eigenvalue weighted by Gasteiger charge is -2.35. The van der Waals surface area contributed by atoms with Gasteiger partial charge in [-0.05, 0) is 73.6 Å². The lowest BCUT2D eigenvalue weighted by atomic mass is 9.78. The highest BCUT2D eigenvalue weighted by atomic mass is 32.2. The molecule has 168 valence electrons. The van der Waals surface area contributed by atoms with E-state index in [2.05, 4.69) is 0 Å². The highest BCUT2D eigenvalue weighted by Gasteiger charge is 2.34. The molecule has 0 spiro atoms. The largest absolute Gasteiger partial charge is 0.497 e. The molecule has 0 radical (unpaired) electrons. The molecule has 0 bridgehead atoms. The Hall–Kier alpha value is -2.45. The van der Waals surface area contributed by atoms with Crippen molar-refractivity contribution in [3.63, 3.8) is 0 Å². The van der Waals surface area contributed by atoms with E-state index in [1.54, 1.807) is 43.3 Å². The van der Waals surface area contributed by atoms with Crippen molar-refractivity contribution in [3.05, 3.63) is 59.9 Å². The average molecular weight is 450 g/mol. The number of nitrogens with zero attached hydrogens (tertiary/aromatic N) is 1. The molecule has 0 aliphatic carbocycles. The molecule has 1 unspecified atom stereocenters. The maximum absolute atomic E-state index is 13.4. The number of sulfonamides is 1. The van der Waals surface area contributed by atoms with E-state index in [4.69, 9.17) is 9.47 Å². The van der Waals surface area contributed by atoms with Gasteiger partial charge in [0, 0.05) is 13.1 Å². The fourth-order valence-electron chi connectivity index (χ4n) is 4.08. The van der Waals surface area contributed by atoms with E-state index in [1.807, 2.05) is 0 Å². The number of rotatable bonds is 8. The molecule has 1 aliphatic rings. The Morgan fingerprint density at radius 2 is 1.71 bits per heavy atom. The Morgan fingerprint density at radius 3 is 2.26 bits per heavy atom. The zero-order chi connectivity index (χ0) is 22.4. The normalized spacial score (nSPS) is 16.6. The number of carbonyl (C=O) groups excluding carboxylic acids is 1. The summed E-state index contributed by atoms with van der Waals surface area (Å²) in [7, 11) is -2.07. The SMILES string of the molecule is CCOC(=O)CC(c1ccc(F)cc1)C1CCN(S(=O)(=O)c2ccc(OC)cc2)CC1. The molecule has 1 aliphatic heterocycles. The second kappa shape index (κ2) is 10.2. The first-order valence-corrected chi connectivity index (χ1v) is 11.8. The third-order valence-electron chi connectivity index (χ3n) is 5.75. The number of benzene rings is 2. The van der Waals surface area contributed by atoms with Crippen molar-refractivity contribution < 1.29 is 27.1 Å². The van der Waals surface area contributed by atoms with Crippen molar-refractivity contribution in [2.24, 2.45) is 5.92 Å². The monoisotopic (exact) mass is 449 g/mol. The molecule has 2 aromatic carbocycles.